The molecule has 1 aliphatic rings. The zero-order valence-electron chi connectivity index (χ0n) is 24.2. The Morgan fingerprint density at radius 3 is 1.63 bits per heavy atom. The zero-order chi connectivity index (χ0) is 29.9. The average molecular weight is 585 g/mol. The molecule has 0 fully saturated rings. The van der Waals surface area contributed by atoms with Crippen LogP contribution in [0.3, 0.4) is 0 Å². The summed E-state index contributed by atoms with van der Waals surface area (Å²) in [4.78, 5) is 19.1. The Kier molecular flexibility index (Phi) is 7.84. The highest BCUT2D eigenvalue weighted by atomic mass is 31.2. The number of nitrogens with zero attached hydrogens (tertiary/aromatic N) is 2. The van der Waals surface area contributed by atoms with Crippen molar-refractivity contribution >= 4 is 30.2 Å². The van der Waals surface area contributed by atoms with Crippen molar-refractivity contribution in [1.29, 1.82) is 0 Å². The standard InChI is InChI=1S/C37H33N2O3P/c1-28-23-25-31(26-24-28)37(2)35(36(40)42-34(29-15-7-3-8-16-29)30-17-9-4-10-18-30)38-27-39(37)43(41,32-19-11-5-12-20-32)33-21-13-6-14-22-33/h3-27,34-35H,1-2H3/t35-,37-/m0/s1. The van der Waals surface area contributed by atoms with Gasteiger partial charge in [-0.25, -0.2) is 4.79 Å². The molecule has 43 heavy (non-hydrogen) atoms. The lowest BCUT2D eigenvalue weighted by Gasteiger charge is -2.43. The first-order valence-corrected chi connectivity index (χ1v) is 16.0. The van der Waals surface area contributed by atoms with Crippen LogP contribution in [0.2, 0.25) is 0 Å². The minimum atomic E-state index is -3.52. The summed E-state index contributed by atoms with van der Waals surface area (Å²) >= 11 is 0. The fourth-order valence-corrected chi connectivity index (χ4v) is 8.74. The monoisotopic (exact) mass is 584 g/mol. The number of esters is 1. The van der Waals surface area contributed by atoms with Gasteiger partial charge in [-0.1, -0.05) is 127 Å². The third kappa shape index (κ3) is 5.22. The Morgan fingerprint density at radius 1 is 0.721 bits per heavy atom. The minimum absolute atomic E-state index is 0.493. The SMILES string of the molecule is Cc1ccc([C@@]2(C)[C@H](C(=O)OC(c3ccccc3)c3ccccc3)N=CN2P(=O)(c2ccccc2)c2ccccc2)cc1. The van der Waals surface area contributed by atoms with Gasteiger partial charge in [0.25, 0.3) is 0 Å². The van der Waals surface area contributed by atoms with Crippen molar-refractivity contribution in [3.8, 4) is 0 Å². The Labute approximate surface area is 252 Å². The molecule has 5 aromatic carbocycles. The third-order valence-corrected chi connectivity index (χ3v) is 11.3. The quantitative estimate of drug-likeness (QED) is 0.143. The van der Waals surface area contributed by atoms with Crippen molar-refractivity contribution in [2.45, 2.75) is 31.5 Å². The van der Waals surface area contributed by atoms with Crippen LogP contribution in [0.1, 0.15) is 35.3 Å². The first-order valence-electron chi connectivity index (χ1n) is 14.3. The van der Waals surface area contributed by atoms with E-state index in [1.165, 1.54) is 0 Å². The average Bonchev–Trinajstić information content (AvgIpc) is 3.43. The summed E-state index contributed by atoms with van der Waals surface area (Å²) in [7, 11) is -3.52. The maximum atomic E-state index is 15.6. The van der Waals surface area contributed by atoms with E-state index >= 15 is 4.57 Å². The van der Waals surface area contributed by atoms with Gasteiger partial charge in [-0.05, 0) is 54.8 Å². The summed E-state index contributed by atoms with van der Waals surface area (Å²) in [6, 6.07) is 45.3. The lowest BCUT2D eigenvalue weighted by molar-refractivity contribution is -0.151. The van der Waals surface area contributed by atoms with Crippen molar-refractivity contribution < 1.29 is 14.1 Å². The molecule has 5 nitrogen and oxygen atoms in total. The highest BCUT2D eigenvalue weighted by Crippen LogP contribution is 2.57. The van der Waals surface area contributed by atoms with Gasteiger partial charge in [0.05, 0.1) is 6.34 Å². The lowest BCUT2D eigenvalue weighted by Crippen LogP contribution is -2.50. The second-order valence-corrected chi connectivity index (χ2v) is 13.5. The van der Waals surface area contributed by atoms with E-state index in [9.17, 15) is 4.79 Å². The molecule has 0 aromatic heterocycles. The molecule has 0 saturated carbocycles. The fourth-order valence-electron chi connectivity index (χ4n) is 5.78. The van der Waals surface area contributed by atoms with E-state index in [1.807, 2.05) is 159 Å². The number of rotatable bonds is 8. The first-order chi connectivity index (χ1) is 20.9. The van der Waals surface area contributed by atoms with Gasteiger partial charge in [-0.15, -0.1) is 0 Å². The van der Waals surface area contributed by atoms with Crippen molar-refractivity contribution in [3.05, 3.63) is 168 Å². The van der Waals surface area contributed by atoms with Crippen LogP contribution in [0, 0.1) is 6.92 Å². The number of ether oxygens (including phenoxy) is 1. The Balaban J connectivity index is 1.47. The summed E-state index contributed by atoms with van der Waals surface area (Å²) in [6.45, 7) is 3.96. The second kappa shape index (κ2) is 11.9. The predicted molar refractivity (Wildman–Crippen MR) is 173 cm³/mol. The third-order valence-electron chi connectivity index (χ3n) is 8.15. The van der Waals surface area contributed by atoms with Gasteiger partial charge in [-0.2, -0.15) is 0 Å². The minimum Gasteiger partial charge on any atom is -0.451 e. The number of carbonyl (C=O) groups is 1. The van der Waals surface area contributed by atoms with Crippen molar-refractivity contribution in [3.63, 3.8) is 0 Å². The van der Waals surface area contributed by atoms with E-state index in [0.717, 1.165) is 22.3 Å². The summed E-state index contributed by atoms with van der Waals surface area (Å²) in [5.74, 6) is -0.493. The normalized spacial score (nSPS) is 18.1. The van der Waals surface area contributed by atoms with Gasteiger partial charge >= 0.3 is 5.97 Å². The topological polar surface area (TPSA) is 59.0 Å². The number of hydrogen-bond acceptors (Lipinski definition) is 4. The van der Waals surface area contributed by atoms with E-state index in [2.05, 4.69) is 0 Å². The summed E-state index contributed by atoms with van der Waals surface area (Å²) in [5, 5.41) is 1.32. The highest BCUT2D eigenvalue weighted by Gasteiger charge is 2.55. The van der Waals surface area contributed by atoms with Gasteiger partial charge in [-0.3, -0.25) is 14.2 Å². The van der Waals surface area contributed by atoms with E-state index in [1.54, 1.807) is 11.0 Å². The molecule has 2 atom stereocenters. The Hall–Kier alpha value is -4.73. The first kappa shape index (κ1) is 28.4. The maximum absolute atomic E-state index is 15.6. The largest absolute Gasteiger partial charge is 0.451 e. The van der Waals surface area contributed by atoms with Crippen LogP contribution in [0.25, 0.3) is 0 Å². The number of aryl methyl sites for hydroxylation is 1. The van der Waals surface area contributed by atoms with E-state index < -0.39 is 30.9 Å². The Morgan fingerprint density at radius 2 is 1.16 bits per heavy atom. The molecular formula is C37H33N2O3P. The number of hydrogen-bond donors (Lipinski definition) is 0. The molecule has 0 bridgehead atoms. The van der Waals surface area contributed by atoms with E-state index in [0.29, 0.717) is 10.6 Å². The Bertz CT molecular complexity index is 1680. The molecule has 0 aliphatic carbocycles. The van der Waals surface area contributed by atoms with Crippen LogP contribution < -0.4 is 10.6 Å². The van der Waals surface area contributed by atoms with Crippen LogP contribution in [0.15, 0.2) is 151 Å². The summed E-state index contributed by atoms with van der Waals surface area (Å²) in [6.07, 6.45) is 0.962. The molecule has 0 saturated heterocycles. The number of aliphatic imine (C=N–C) groups is 1. The highest BCUT2D eigenvalue weighted by molar-refractivity contribution is 7.77. The van der Waals surface area contributed by atoms with E-state index in [4.69, 9.17) is 9.73 Å². The molecule has 6 heteroatoms. The molecular weight excluding hydrogens is 551 g/mol. The molecule has 214 valence electrons. The second-order valence-electron chi connectivity index (χ2n) is 10.9. The molecule has 0 spiro atoms. The van der Waals surface area contributed by atoms with E-state index in [-0.39, 0.29) is 0 Å². The smallest absolute Gasteiger partial charge is 0.334 e. The van der Waals surface area contributed by atoms with Crippen LogP contribution in [0.5, 0.6) is 0 Å². The zero-order valence-corrected chi connectivity index (χ0v) is 25.0. The number of benzene rings is 5. The van der Waals surface area contributed by atoms with Crippen LogP contribution in [-0.4, -0.2) is 23.0 Å². The molecule has 6 rings (SSSR count). The van der Waals surface area contributed by atoms with Crippen molar-refractivity contribution in [2.75, 3.05) is 0 Å². The fraction of sp³-hybridized carbons (Fsp3) is 0.135. The van der Waals surface area contributed by atoms with Gasteiger partial charge in [0.2, 0.25) is 7.29 Å². The molecule has 0 N–H and O–H groups in total. The molecule has 0 unspecified atom stereocenters. The van der Waals surface area contributed by atoms with Gasteiger partial charge in [0.1, 0.15) is 5.54 Å². The van der Waals surface area contributed by atoms with Gasteiger partial charge < -0.3 is 4.74 Å². The van der Waals surface area contributed by atoms with Crippen molar-refractivity contribution in [1.82, 2.24) is 4.67 Å². The maximum Gasteiger partial charge on any atom is 0.334 e. The molecule has 1 aliphatic heterocycles. The molecule has 0 radical (unpaired) electrons. The predicted octanol–water partition coefficient (Wildman–Crippen LogP) is 7.18. The molecule has 0 amide bonds. The molecule has 5 aromatic rings. The van der Waals surface area contributed by atoms with Crippen LogP contribution in [0.4, 0.5) is 0 Å². The van der Waals surface area contributed by atoms with Gasteiger partial charge in [0, 0.05) is 10.6 Å². The van der Waals surface area contributed by atoms with Crippen LogP contribution >= 0.6 is 7.29 Å². The summed E-state index contributed by atoms with van der Waals surface area (Å²) < 4.78 is 23.7. The summed E-state index contributed by atoms with van der Waals surface area (Å²) in [5.41, 5.74) is 2.50. The molecule has 1 heterocycles. The lowest BCUT2D eigenvalue weighted by atomic mass is 9.85. The van der Waals surface area contributed by atoms with Crippen LogP contribution in [-0.2, 0) is 19.6 Å². The van der Waals surface area contributed by atoms with Gasteiger partial charge in [0.15, 0.2) is 12.1 Å². The number of carbonyl (C=O) groups excluding carboxylic acids is 1. The van der Waals surface area contributed by atoms with Crippen molar-refractivity contribution in [2.24, 2.45) is 4.99 Å².